The largest absolute Gasteiger partial charge is 0.422 e. The van der Waals surface area contributed by atoms with Gasteiger partial charge in [0.2, 0.25) is 0 Å². The number of hydrogen-bond acceptors (Lipinski definition) is 4. The Morgan fingerprint density at radius 1 is 1.29 bits per heavy atom. The summed E-state index contributed by atoms with van der Waals surface area (Å²) in [5.74, 6) is 0. The molecule has 0 N–H and O–H groups in total. The van der Waals surface area contributed by atoms with Crippen molar-refractivity contribution in [1.29, 1.82) is 0 Å². The molecular weight excluding hydrogens is 258 g/mol. The first-order chi connectivity index (χ1) is 8.24. The van der Waals surface area contributed by atoms with Crippen molar-refractivity contribution in [3.63, 3.8) is 0 Å². The number of halogens is 1. The van der Waals surface area contributed by atoms with Crippen LogP contribution in [0.25, 0.3) is 22.2 Å². The molecule has 3 aromatic rings. The van der Waals surface area contributed by atoms with Gasteiger partial charge in [-0.15, -0.1) is 11.3 Å². The molecule has 0 unspecified atom stereocenters. The number of rotatable bonds is 1. The van der Waals surface area contributed by atoms with E-state index in [4.69, 9.17) is 16.0 Å². The number of thiazole rings is 1. The van der Waals surface area contributed by atoms with E-state index in [2.05, 4.69) is 4.98 Å². The highest BCUT2D eigenvalue weighted by molar-refractivity contribution is 7.14. The number of fused-ring (bicyclic) bond motifs is 1. The first kappa shape index (κ1) is 10.5. The average Bonchev–Trinajstić information content (AvgIpc) is 2.75. The summed E-state index contributed by atoms with van der Waals surface area (Å²) in [5, 5.41) is 2.61. The van der Waals surface area contributed by atoms with Crippen LogP contribution < -0.4 is 5.63 Å². The fourth-order valence-corrected chi connectivity index (χ4v) is 2.38. The lowest BCUT2D eigenvalue weighted by Gasteiger charge is -1.98. The molecule has 0 aliphatic heterocycles. The van der Waals surface area contributed by atoms with Crippen LogP contribution in [0.3, 0.4) is 0 Å². The van der Waals surface area contributed by atoms with Gasteiger partial charge >= 0.3 is 5.63 Å². The van der Waals surface area contributed by atoms with Crippen LogP contribution in [0.1, 0.15) is 0 Å². The number of nitrogens with zero attached hydrogens (tertiary/aromatic N) is 1. The first-order valence-electron chi connectivity index (χ1n) is 4.88. The molecule has 5 heteroatoms. The zero-order valence-corrected chi connectivity index (χ0v) is 10.1. The molecule has 0 bridgehead atoms. The summed E-state index contributed by atoms with van der Waals surface area (Å²) in [6, 6.07) is 9.13. The minimum absolute atomic E-state index is 0.398. The highest BCUT2D eigenvalue weighted by atomic mass is 35.5. The topological polar surface area (TPSA) is 43.1 Å². The van der Waals surface area contributed by atoms with E-state index in [0.717, 1.165) is 5.39 Å². The molecule has 0 spiro atoms. The van der Waals surface area contributed by atoms with Crippen molar-refractivity contribution in [2.45, 2.75) is 0 Å². The maximum Gasteiger partial charge on any atom is 0.345 e. The number of hydrogen-bond donors (Lipinski definition) is 0. The molecule has 0 radical (unpaired) electrons. The third kappa shape index (κ3) is 1.85. The second kappa shape index (κ2) is 3.98. The summed E-state index contributed by atoms with van der Waals surface area (Å²) >= 11 is 7.04. The van der Waals surface area contributed by atoms with Crippen molar-refractivity contribution in [2.75, 3.05) is 0 Å². The average molecular weight is 264 g/mol. The molecule has 2 heterocycles. The quantitative estimate of drug-likeness (QED) is 0.631. The number of aromatic nitrogens is 1. The second-order valence-corrected chi connectivity index (χ2v) is 4.91. The van der Waals surface area contributed by atoms with Crippen LogP contribution in [0.5, 0.6) is 0 Å². The Kier molecular flexibility index (Phi) is 2.46. The molecule has 84 valence electrons. The zero-order valence-electron chi connectivity index (χ0n) is 8.51. The molecule has 0 aliphatic rings. The molecule has 0 saturated carbocycles. The SMILES string of the molecule is O=c1oc2ccccc2cc1-c1csc(Cl)n1. The van der Waals surface area contributed by atoms with Crippen molar-refractivity contribution in [2.24, 2.45) is 0 Å². The minimum atomic E-state index is -0.398. The lowest BCUT2D eigenvalue weighted by molar-refractivity contribution is 0.563. The van der Waals surface area contributed by atoms with E-state index in [1.807, 2.05) is 18.2 Å². The Labute approximate surface area is 105 Å². The van der Waals surface area contributed by atoms with Gasteiger partial charge in [0.05, 0.1) is 11.3 Å². The van der Waals surface area contributed by atoms with Gasteiger partial charge in [0, 0.05) is 10.8 Å². The Hall–Kier alpha value is -1.65. The van der Waals surface area contributed by atoms with Crippen LogP contribution in [-0.2, 0) is 0 Å². The molecule has 0 amide bonds. The predicted molar refractivity (Wildman–Crippen MR) is 68.6 cm³/mol. The summed E-state index contributed by atoms with van der Waals surface area (Å²) in [6.07, 6.45) is 0. The van der Waals surface area contributed by atoms with Crippen LogP contribution in [0, 0.1) is 0 Å². The van der Waals surface area contributed by atoms with E-state index in [1.54, 1.807) is 17.5 Å². The zero-order chi connectivity index (χ0) is 11.8. The van der Waals surface area contributed by atoms with Crippen molar-refractivity contribution >= 4 is 33.9 Å². The van der Waals surface area contributed by atoms with Crippen molar-refractivity contribution < 1.29 is 4.42 Å². The summed E-state index contributed by atoms with van der Waals surface area (Å²) in [4.78, 5) is 15.9. The molecule has 3 rings (SSSR count). The van der Waals surface area contributed by atoms with Crippen molar-refractivity contribution in [3.05, 3.63) is 50.6 Å². The van der Waals surface area contributed by atoms with Gasteiger partial charge in [0.25, 0.3) is 0 Å². The fourth-order valence-electron chi connectivity index (χ4n) is 1.62. The number of para-hydroxylation sites is 1. The van der Waals surface area contributed by atoms with Gasteiger partial charge in [0.15, 0.2) is 4.47 Å². The smallest absolute Gasteiger partial charge is 0.345 e. The van der Waals surface area contributed by atoms with Crippen LogP contribution in [0.2, 0.25) is 4.47 Å². The normalized spacial score (nSPS) is 10.9. The van der Waals surface area contributed by atoms with Crippen molar-refractivity contribution in [1.82, 2.24) is 4.98 Å². The molecule has 0 saturated heterocycles. The van der Waals surface area contributed by atoms with Gasteiger partial charge in [-0.3, -0.25) is 0 Å². The Morgan fingerprint density at radius 3 is 2.88 bits per heavy atom. The molecule has 3 nitrogen and oxygen atoms in total. The van der Waals surface area contributed by atoms with Gasteiger partial charge < -0.3 is 4.42 Å². The van der Waals surface area contributed by atoms with Crippen LogP contribution in [-0.4, -0.2) is 4.98 Å². The molecule has 0 atom stereocenters. The molecular formula is C12H6ClNO2S. The van der Waals surface area contributed by atoms with Crippen LogP contribution in [0.15, 0.2) is 44.9 Å². The maximum atomic E-state index is 11.8. The summed E-state index contributed by atoms with van der Waals surface area (Å²) in [5.41, 5.74) is 1.17. The van der Waals surface area contributed by atoms with E-state index >= 15 is 0 Å². The summed E-state index contributed by atoms with van der Waals surface area (Å²) in [7, 11) is 0. The third-order valence-corrected chi connectivity index (χ3v) is 3.37. The first-order valence-corrected chi connectivity index (χ1v) is 6.14. The second-order valence-electron chi connectivity index (χ2n) is 3.47. The lowest BCUT2D eigenvalue weighted by atomic mass is 10.1. The van der Waals surface area contributed by atoms with Crippen molar-refractivity contribution in [3.8, 4) is 11.3 Å². The van der Waals surface area contributed by atoms with E-state index in [1.165, 1.54) is 11.3 Å². The van der Waals surface area contributed by atoms with Gasteiger partial charge in [-0.1, -0.05) is 29.8 Å². The predicted octanol–water partition coefficient (Wildman–Crippen LogP) is 3.57. The van der Waals surface area contributed by atoms with Crippen LogP contribution >= 0.6 is 22.9 Å². The lowest BCUT2D eigenvalue weighted by Crippen LogP contribution is -2.02. The molecule has 0 aliphatic carbocycles. The van der Waals surface area contributed by atoms with Gasteiger partial charge in [0.1, 0.15) is 5.58 Å². The van der Waals surface area contributed by atoms with E-state index in [0.29, 0.717) is 21.3 Å². The number of benzene rings is 1. The summed E-state index contributed by atoms with van der Waals surface area (Å²) < 4.78 is 5.63. The Morgan fingerprint density at radius 2 is 2.12 bits per heavy atom. The fraction of sp³-hybridized carbons (Fsp3) is 0. The van der Waals surface area contributed by atoms with Gasteiger partial charge in [-0.25, -0.2) is 9.78 Å². The molecule has 1 aromatic carbocycles. The monoisotopic (exact) mass is 263 g/mol. The van der Waals surface area contributed by atoms with Gasteiger partial charge in [-0.2, -0.15) is 0 Å². The summed E-state index contributed by atoms with van der Waals surface area (Å²) in [6.45, 7) is 0. The van der Waals surface area contributed by atoms with E-state index in [9.17, 15) is 4.79 Å². The standard InChI is InChI=1S/C12H6ClNO2S/c13-12-14-9(6-17-12)8-5-7-3-1-2-4-10(7)16-11(8)15/h1-6H. The minimum Gasteiger partial charge on any atom is -0.422 e. The molecule has 0 fully saturated rings. The molecule has 2 aromatic heterocycles. The van der Waals surface area contributed by atoms with E-state index in [-0.39, 0.29) is 0 Å². The highest BCUT2D eigenvalue weighted by Gasteiger charge is 2.10. The van der Waals surface area contributed by atoms with E-state index < -0.39 is 5.63 Å². The highest BCUT2D eigenvalue weighted by Crippen LogP contribution is 2.24. The third-order valence-electron chi connectivity index (χ3n) is 2.39. The van der Waals surface area contributed by atoms with Gasteiger partial charge in [-0.05, 0) is 12.1 Å². The maximum absolute atomic E-state index is 11.8. The van der Waals surface area contributed by atoms with Crippen LogP contribution in [0.4, 0.5) is 0 Å². The Balaban J connectivity index is 2.30. The molecule has 17 heavy (non-hydrogen) atoms. The Bertz CT molecular complexity index is 747.